The van der Waals surface area contributed by atoms with Gasteiger partial charge in [-0.05, 0) is 30.2 Å². The van der Waals surface area contributed by atoms with Crippen molar-refractivity contribution in [3.63, 3.8) is 0 Å². The van der Waals surface area contributed by atoms with Crippen molar-refractivity contribution in [1.29, 1.82) is 0 Å². The zero-order valence-corrected chi connectivity index (χ0v) is 16.5. The Balaban J connectivity index is 1.47. The van der Waals surface area contributed by atoms with Gasteiger partial charge in [0, 0.05) is 19.3 Å². The van der Waals surface area contributed by atoms with Gasteiger partial charge in [-0.2, -0.15) is 4.31 Å². The van der Waals surface area contributed by atoms with E-state index in [1.54, 1.807) is 23.0 Å². The minimum absolute atomic E-state index is 0.0120. The average Bonchev–Trinajstić information content (AvgIpc) is 3.46. The topological polar surface area (TPSA) is 81.2 Å². The highest BCUT2D eigenvalue weighted by atomic mass is 32.2. The highest BCUT2D eigenvalue weighted by molar-refractivity contribution is 7.88. The van der Waals surface area contributed by atoms with E-state index in [2.05, 4.69) is 9.55 Å². The van der Waals surface area contributed by atoms with Crippen LogP contribution in [0.5, 0.6) is 0 Å². The molecule has 3 aromatic heterocycles. The monoisotopic (exact) mass is 408 g/mol. The van der Waals surface area contributed by atoms with E-state index in [1.807, 2.05) is 48.5 Å². The summed E-state index contributed by atoms with van der Waals surface area (Å²) in [6.45, 7) is 0.888. The molecule has 1 atom stereocenters. The van der Waals surface area contributed by atoms with Crippen molar-refractivity contribution < 1.29 is 12.8 Å². The second kappa shape index (κ2) is 7.13. The molecule has 0 bridgehead atoms. The molecule has 0 aliphatic carbocycles. The molecule has 1 saturated heterocycles. The van der Waals surface area contributed by atoms with Crippen molar-refractivity contribution in [3.05, 3.63) is 72.8 Å². The Kier molecular flexibility index (Phi) is 4.44. The zero-order valence-electron chi connectivity index (χ0n) is 15.7. The fourth-order valence-electron chi connectivity index (χ4n) is 3.92. The van der Waals surface area contributed by atoms with Crippen molar-refractivity contribution in [2.45, 2.75) is 18.2 Å². The predicted octanol–water partition coefficient (Wildman–Crippen LogP) is 3.47. The SMILES string of the molecule is O=S(=O)(Cc1ccccc1)N1CC[C@H](n2c(-c3ccoc3)nc3cccnc32)C1. The molecule has 4 aromatic rings. The fraction of sp³-hybridized carbons (Fsp3) is 0.238. The van der Waals surface area contributed by atoms with Crippen molar-refractivity contribution in [1.82, 2.24) is 18.8 Å². The molecular formula is C21H20N4O3S. The highest BCUT2D eigenvalue weighted by Gasteiger charge is 2.34. The fourth-order valence-corrected chi connectivity index (χ4v) is 5.50. The van der Waals surface area contributed by atoms with E-state index in [0.29, 0.717) is 19.5 Å². The summed E-state index contributed by atoms with van der Waals surface area (Å²) in [5.74, 6) is 0.762. The lowest BCUT2D eigenvalue weighted by atomic mass is 10.2. The molecule has 4 heterocycles. The van der Waals surface area contributed by atoms with E-state index in [4.69, 9.17) is 9.40 Å². The van der Waals surface area contributed by atoms with Crippen LogP contribution in [0.4, 0.5) is 0 Å². The largest absolute Gasteiger partial charge is 0.472 e. The number of sulfonamides is 1. The number of furan rings is 1. The molecule has 29 heavy (non-hydrogen) atoms. The number of fused-ring (bicyclic) bond motifs is 1. The van der Waals surface area contributed by atoms with Gasteiger partial charge in [0.15, 0.2) is 5.65 Å². The van der Waals surface area contributed by atoms with Crippen LogP contribution in [-0.2, 0) is 15.8 Å². The summed E-state index contributed by atoms with van der Waals surface area (Å²) < 4.78 is 34.8. The molecule has 0 radical (unpaired) electrons. The Labute approximate surface area is 168 Å². The number of benzene rings is 1. The second-order valence-corrected chi connectivity index (χ2v) is 9.17. The summed E-state index contributed by atoms with van der Waals surface area (Å²) in [4.78, 5) is 9.24. The third-order valence-electron chi connectivity index (χ3n) is 5.30. The maximum absolute atomic E-state index is 13.0. The lowest BCUT2D eigenvalue weighted by molar-refractivity contribution is 0.454. The molecule has 148 valence electrons. The normalized spacial score (nSPS) is 17.9. The van der Waals surface area contributed by atoms with E-state index in [1.165, 1.54) is 0 Å². The predicted molar refractivity (Wildman–Crippen MR) is 110 cm³/mol. The minimum Gasteiger partial charge on any atom is -0.472 e. The van der Waals surface area contributed by atoms with Crippen molar-refractivity contribution in [2.24, 2.45) is 0 Å². The first-order chi connectivity index (χ1) is 14.1. The van der Waals surface area contributed by atoms with Gasteiger partial charge in [0.2, 0.25) is 10.0 Å². The van der Waals surface area contributed by atoms with Crippen LogP contribution < -0.4 is 0 Å². The van der Waals surface area contributed by atoms with Crippen molar-refractivity contribution in [2.75, 3.05) is 13.1 Å². The van der Waals surface area contributed by atoms with Crippen LogP contribution in [0, 0.1) is 0 Å². The molecule has 0 unspecified atom stereocenters. The van der Waals surface area contributed by atoms with Crippen molar-refractivity contribution in [3.8, 4) is 11.4 Å². The van der Waals surface area contributed by atoms with Gasteiger partial charge in [-0.15, -0.1) is 0 Å². The second-order valence-electron chi connectivity index (χ2n) is 7.21. The quantitative estimate of drug-likeness (QED) is 0.505. The average molecular weight is 408 g/mol. The van der Waals surface area contributed by atoms with E-state index in [-0.39, 0.29) is 11.8 Å². The first-order valence-corrected chi connectivity index (χ1v) is 11.1. The lowest BCUT2D eigenvalue weighted by Gasteiger charge is -2.18. The molecule has 8 heteroatoms. The van der Waals surface area contributed by atoms with Crippen LogP contribution >= 0.6 is 0 Å². The van der Waals surface area contributed by atoms with Gasteiger partial charge in [-0.3, -0.25) is 0 Å². The van der Waals surface area contributed by atoms with Crippen molar-refractivity contribution >= 4 is 21.2 Å². The van der Waals surface area contributed by atoms with E-state index in [9.17, 15) is 8.42 Å². The van der Waals surface area contributed by atoms with E-state index >= 15 is 0 Å². The van der Waals surface area contributed by atoms with Gasteiger partial charge in [0.05, 0.1) is 23.6 Å². The van der Waals surface area contributed by atoms with Gasteiger partial charge in [-0.1, -0.05) is 30.3 Å². The maximum Gasteiger partial charge on any atom is 0.218 e. The summed E-state index contributed by atoms with van der Waals surface area (Å²) in [5.41, 5.74) is 3.20. The zero-order chi connectivity index (χ0) is 19.8. The number of imidazole rings is 1. The standard InChI is InChI=1S/C21H20N4O3S/c26-29(27,15-16-5-2-1-3-6-16)24-11-8-18(13-24)25-20(17-9-12-28-14-17)23-19-7-4-10-22-21(19)25/h1-7,9-10,12,14,18H,8,11,13,15H2/t18-/m0/s1. The molecule has 1 fully saturated rings. The summed E-state index contributed by atoms with van der Waals surface area (Å²) in [7, 11) is -3.40. The molecule has 5 rings (SSSR count). The Morgan fingerprint density at radius 3 is 2.76 bits per heavy atom. The minimum atomic E-state index is -3.40. The smallest absolute Gasteiger partial charge is 0.218 e. The molecule has 1 aliphatic heterocycles. The summed E-state index contributed by atoms with van der Waals surface area (Å²) in [6, 6.07) is 14.9. The van der Waals surface area contributed by atoms with Crippen LogP contribution in [0.3, 0.4) is 0 Å². The Bertz CT molecular complexity index is 1230. The first-order valence-electron chi connectivity index (χ1n) is 9.49. The summed E-state index contributed by atoms with van der Waals surface area (Å²) in [6.07, 6.45) is 5.70. The van der Waals surface area contributed by atoms with Crippen LogP contribution in [0.15, 0.2) is 71.7 Å². The van der Waals surface area contributed by atoms with Crippen LogP contribution in [0.25, 0.3) is 22.6 Å². The molecule has 1 aromatic carbocycles. The number of rotatable bonds is 5. The van der Waals surface area contributed by atoms with Gasteiger partial charge in [0.1, 0.15) is 17.6 Å². The Hall–Kier alpha value is -2.97. The number of pyridine rings is 1. The molecule has 0 saturated carbocycles. The van der Waals surface area contributed by atoms with E-state index < -0.39 is 10.0 Å². The molecule has 0 spiro atoms. The molecular weight excluding hydrogens is 388 g/mol. The third kappa shape index (κ3) is 3.34. The van der Waals surface area contributed by atoms with Gasteiger partial charge >= 0.3 is 0 Å². The van der Waals surface area contributed by atoms with E-state index in [0.717, 1.165) is 28.1 Å². The number of nitrogens with zero attached hydrogens (tertiary/aromatic N) is 4. The molecule has 0 N–H and O–H groups in total. The van der Waals surface area contributed by atoms with Gasteiger partial charge in [-0.25, -0.2) is 18.4 Å². The number of hydrogen-bond acceptors (Lipinski definition) is 5. The lowest BCUT2D eigenvalue weighted by Crippen LogP contribution is -2.30. The highest BCUT2D eigenvalue weighted by Crippen LogP contribution is 2.33. The first kappa shape index (κ1) is 18.1. The summed E-state index contributed by atoms with van der Waals surface area (Å²) >= 11 is 0. The number of aromatic nitrogens is 3. The molecule has 1 aliphatic rings. The van der Waals surface area contributed by atoms with Crippen LogP contribution in [0.2, 0.25) is 0 Å². The van der Waals surface area contributed by atoms with Gasteiger partial charge in [0.25, 0.3) is 0 Å². The Morgan fingerprint density at radius 1 is 1.10 bits per heavy atom. The third-order valence-corrected chi connectivity index (χ3v) is 7.12. The maximum atomic E-state index is 13.0. The van der Waals surface area contributed by atoms with Gasteiger partial charge < -0.3 is 8.98 Å². The Morgan fingerprint density at radius 2 is 1.97 bits per heavy atom. The summed E-state index contributed by atoms with van der Waals surface area (Å²) in [5, 5.41) is 0. The van der Waals surface area contributed by atoms with Crippen LogP contribution in [-0.4, -0.2) is 40.3 Å². The number of hydrogen-bond donors (Lipinski definition) is 0. The van der Waals surface area contributed by atoms with Crippen LogP contribution in [0.1, 0.15) is 18.0 Å². The molecule has 0 amide bonds. The molecule has 7 nitrogen and oxygen atoms in total.